The van der Waals surface area contributed by atoms with Crippen LogP contribution in [0.25, 0.3) is 0 Å². The molecule has 82 valence electrons. The summed E-state index contributed by atoms with van der Waals surface area (Å²) in [5.41, 5.74) is 6.41. The number of thioether (sulfide) groups is 1. The number of carboxylic acids is 1. The maximum Gasteiger partial charge on any atom is 0.352 e. The second kappa shape index (κ2) is 3.80. The molecule has 2 rings (SSSR count). The van der Waals surface area contributed by atoms with E-state index in [0.29, 0.717) is 11.1 Å². The minimum absolute atomic E-state index is 0.0994. The molecule has 0 saturated carbocycles. The van der Waals surface area contributed by atoms with Gasteiger partial charge in [0.15, 0.2) is 0 Å². The van der Waals surface area contributed by atoms with Crippen molar-refractivity contribution < 1.29 is 14.7 Å². The quantitative estimate of drug-likeness (QED) is 0.551. The molecule has 2 heterocycles. The molecule has 15 heavy (non-hydrogen) atoms. The molecule has 0 aromatic rings. The number of carbonyl (C=O) groups excluding carboxylic acids is 1. The van der Waals surface area contributed by atoms with E-state index in [1.165, 1.54) is 16.7 Å². The van der Waals surface area contributed by atoms with Crippen LogP contribution in [0.1, 0.15) is 0 Å². The standard InChI is InChI=1S/C8H9BrN2O3S/c9-1-3-2-15-7-4(10)6(12)11(7)5(3)8(13)14/h4,7H,1-2,10H2,(H,13,14)/t4?,7-/m1/s1. The lowest BCUT2D eigenvalue weighted by Crippen LogP contribution is -2.68. The Hall–Kier alpha value is -0.530. The fraction of sp³-hybridized carbons (Fsp3) is 0.500. The number of hydrogen-bond donors (Lipinski definition) is 2. The third kappa shape index (κ3) is 1.49. The van der Waals surface area contributed by atoms with Crippen molar-refractivity contribution >= 4 is 39.6 Å². The summed E-state index contributed by atoms with van der Waals surface area (Å²) in [4.78, 5) is 23.8. The van der Waals surface area contributed by atoms with Crippen LogP contribution >= 0.6 is 27.7 Å². The van der Waals surface area contributed by atoms with Crippen LogP contribution in [-0.2, 0) is 9.59 Å². The van der Waals surface area contributed by atoms with Crippen LogP contribution in [0.5, 0.6) is 0 Å². The minimum atomic E-state index is -1.06. The Morgan fingerprint density at radius 1 is 1.73 bits per heavy atom. The number of nitrogens with two attached hydrogens (primary N) is 1. The van der Waals surface area contributed by atoms with Crippen LogP contribution in [0.3, 0.4) is 0 Å². The summed E-state index contributed by atoms with van der Waals surface area (Å²) >= 11 is 4.73. The van der Waals surface area contributed by atoms with Crippen molar-refractivity contribution in [3.63, 3.8) is 0 Å². The summed E-state index contributed by atoms with van der Waals surface area (Å²) in [6, 6.07) is -0.554. The van der Waals surface area contributed by atoms with Gasteiger partial charge in [0.25, 0.3) is 0 Å². The number of hydrogen-bond acceptors (Lipinski definition) is 4. The Bertz CT molecular complexity index is 371. The highest BCUT2D eigenvalue weighted by Gasteiger charge is 2.51. The van der Waals surface area contributed by atoms with Gasteiger partial charge in [0.1, 0.15) is 17.1 Å². The maximum absolute atomic E-state index is 11.4. The molecule has 7 heteroatoms. The van der Waals surface area contributed by atoms with Gasteiger partial charge in [0.05, 0.1) is 0 Å². The molecular formula is C8H9BrN2O3S. The number of nitrogens with zero attached hydrogens (tertiary/aromatic N) is 1. The van der Waals surface area contributed by atoms with Crippen LogP contribution in [0, 0.1) is 0 Å². The van der Waals surface area contributed by atoms with Crippen LogP contribution < -0.4 is 5.73 Å². The summed E-state index contributed by atoms with van der Waals surface area (Å²) in [5, 5.41) is 9.31. The fourth-order valence-electron chi connectivity index (χ4n) is 1.68. The van der Waals surface area contributed by atoms with Gasteiger partial charge in [0, 0.05) is 11.1 Å². The van der Waals surface area contributed by atoms with Crippen LogP contribution in [-0.4, -0.2) is 44.4 Å². The van der Waals surface area contributed by atoms with Gasteiger partial charge < -0.3 is 10.8 Å². The lowest BCUT2D eigenvalue weighted by molar-refractivity contribution is -0.147. The van der Waals surface area contributed by atoms with Gasteiger partial charge in [-0.3, -0.25) is 9.69 Å². The molecule has 1 unspecified atom stereocenters. The molecule has 0 aromatic carbocycles. The first-order valence-electron chi connectivity index (χ1n) is 4.29. The van der Waals surface area contributed by atoms with E-state index in [2.05, 4.69) is 15.9 Å². The fourth-order valence-corrected chi connectivity index (χ4v) is 3.70. The van der Waals surface area contributed by atoms with E-state index in [4.69, 9.17) is 10.8 Å². The average molecular weight is 293 g/mol. The predicted molar refractivity (Wildman–Crippen MR) is 59.5 cm³/mol. The summed E-state index contributed by atoms with van der Waals surface area (Å²) in [5.74, 6) is -0.757. The SMILES string of the molecule is NC1C(=O)N2C(C(=O)O)=C(CBr)CS[C@H]12. The lowest BCUT2D eigenvalue weighted by atomic mass is 10.0. The zero-order chi connectivity index (χ0) is 11.2. The van der Waals surface area contributed by atoms with Gasteiger partial charge in [0.2, 0.25) is 5.91 Å². The Kier molecular flexibility index (Phi) is 2.78. The normalized spacial score (nSPS) is 30.0. The van der Waals surface area contributed by atoms with Gasteiger partial charge in [-0.25, -0.2) is 4.79 Å². The number of carboxylic acid groups (broad SMARTS) is 1. The molecule has 0 aliphatic carbocycles. The monoisotopic (exact) mass is 292 g/mol. The van der Waals surface area contributed by atoms with Crippen LogP contribution in [0.4, 0.5) is 0 Å². The highest BCUT2D eigenvalue weighted by Crippen LogP contribution is 2.39. The van der Waals surface area contributed by atoms with Crippen molar-refractivity contribution in [2.45, 2.75) is 11.4 Å². The zero-order valence-electron chi connectivity index (χ0n) is 7.64. The average Bonchev–Trinajstić information content (AvgIpc) is 2.25. The summed E-state index contributed by atoms with van der Waals surface area (Å²) in [7, 11) is 0. The van der Waals surface area contributed by atoms with Crippen LogP contribution in [0.15, 0.2) is 11.3 Å². The van der Waals surface area contributed by atoms with E-state index < -0.39 is 12.0 Å². The molecule has 0 bridgehead atoms. The Morgan fingerprint density at radius 2 is 2.40 bits per heavy atom. The molecule has 2 atom stereocenters. The zero-order valence-corrected chi connectivity index (χ0v) is 10.0. The molecule has 2 aliphatic heterocycles. The molecule has 0 radical (unpaired) electrons. The number of rotatable bonds is 2. The molecule has 3 N–H and O–H groups in total. The third-order valence-electron chi connectivity index (χ3n) is 2.45. The van der Waals surface area contributed by atoms with Gasteiger partial charge in [-0.1, -0.05) is 15.9 Å². The topological polar surface area (TPSA) is 83.6 Å². The van der Waals surface area contributed by atoms with E-state index in [1.54, 1.807) is 0 Å². The largest absolute Gasteiger partial charge is 0.477 e. The van der Waals surface area contributed by atoms with Crippen molar-refractivity contribution in [1.82, 2.24) is 4.90 Å². The number of amides is 1. The third-order valence-corrected chi connectivity index (χ3v) is 4.49. The minimum Gasteiger partial charge on any atom is -0.477 e. The van der Waals surface area contributed by atoms with Crippen molar-refractivity contribution in [2.24, 2.45) is 5.73 Å². The highest BCUT2D eigenvalue weighted by atomic mass is 79.9. The first-order valence-corrected chi connectivity index (χ1v) is 6.46. The molecule has 0 spiro atoms. The number of carbonyl (C=O) groups is 2. The van der Waals surface area contributed by atoms with Gasteiger partial charge in [-0.2, -0.15) is 0 Å². The van der Waals surface area contributed by atoms with Crippen molar-refractivity contribution in [3.05, 3.63) is 11.3 Å². The second-order valence-corrected chi connectivity index (χ2v) is 4.99. The van der Waals surface area contributed by atoms with Crippen molar-refractivity contribution in [3.8, 4) is 0 Å². The van der Waals surface area contributed by atoms with E-state index in [0.717, 1.165) is 5.57 Å². The second-order valence-electron chi connectivity index (χ2n) is 3.33. The molecule has 1 fully saturated rings. The van der Waals surface area contributed by atoms with E-state index in [9.17, 15) is 9.59 Å². The molecule has 5 nitrogen and oxygen atoms in total. The van der Waals surface area contributed by atoms with Gasteiger partial charge in [-0.05, 0) is 5.57 Å². The molecule has 2 aliphatic rings. The number of fused-ring (bicyclic) bond motifs is 1. The number of aliphatic carboxylic acids is 1. The summed E-state index contributed by atoms with van der Waals surface area (Å²) in [6.07, 6.45) is 0. The molecule has 1 saturated heterocycles. The molecule has 1 amide bonds. The van der Waals surface area contributed by atoms with Crippen molar-refractivity contribution in [1.29, 1.82) is 0 Å². The van der Waals surface area contributed by atoms with Gasteiger partial charge >= 0.3 is 5.97 Å². The lowest BCUT2D eigenvalue weighted by Gasteiger charge is -2.47. The number of β-lactam (4-membered cyclic amide) rings is 1. The highest BCUT2D eigenvalue weighted by molar-refractivity contribution is 9.09. The van der Waals surface area contributed by atoms with E-state index >= 15 is 0 Å². The molecular weight excluding hydrogens is 284 g/mol. The number of alkyl halides is 1. The Balaban J connectivity index is 2.38. The first kappa shape index (κ1) is 11.0. The summed E-state index contributed by atoms with van der Waals surface area (Å²) in [6.45, 7) is 0. The smallest absolute Gasteiger partial charge is 0.352 e. The number of halogens is 1. The van der Waals surface area contributed by atoms with Crippen molar-refractivity contribution in [2.75, 3.05) is 11.1 Å². The predicted octanol–water partition coefficient (Wildman–Crippen LogP) is -0.0376. The van der Waals surface area contributed by atoms with E-state index in [1.807, 2.05) is 0 Å². The molecule has 0 aromatic heterocycles. The maximum atomic E-state index is 11.4. The summed E-state index contributed by atoms with van der Waals surface area (Å²) < 4.78 is 0. The van der Waals surface area contributed by atoms with E-state index in [-0.39, 0.29) is 17.0 Å². The van der Waals surface area contributed by atoms with Crippen LogP contribution in [0.2, 0.25) is 0 Å². The Morgan fingerprint density at radius 3 is 2.93 bits per heavy atom. The Labute approximate surface area is 98.8 Å². The van der Waals surface area contributed by atoms with Gasteiger partial charge in [-0.15, -0.1) is 11.8 Å². The first-order chi connectivity index (χ1) is 7.07.